The van der Waals surface area contributed by atoms with Crippen LogP contribution in [0.15, 0.2) is 0 Å². The molecule has 76 valence electrons. The highest BCUT2D eigenvalue weighted by atomic mass is 16.5. The van der Waals surface area contributed by atoms with Crippen LogP contribution in [0.1, 0.15) is 20.3 Å². The summed E-state index contributed by atoms with van der Waals surface area (Å²) in [5, 5.41) is 12.7. The Morgan fingerprint density at radius 2 is 2.46 bits per heavy atom. The highest BCUT2D eigenvalue weighted by molar-refractivity contribution is 5.77. The summed E-state index contributed by atoms with van der Waals surface area (Å²) in [6, 6.07) is 0. The van der Waals surface area contributed by atoms with Gasteiger partial charge in [0.25, 0.3) is 0 Å². The predicted molar refractivity (Wildman–Crippen MR) is 48.2 cm³/mol. The number of nitrogens with one attached hydrogen (secondary N) is 1. The van der Waals surface area contributed by atoms with Crippen molar-refractivity contribution in [3.05, 3.63) is 0 Å². The van der Waals surface area contributed by atoms with Crippen molar-refractivity contribution in [3.8, 4) is 0 Å². The first-order chi connectivity index (χ1) is 6.11. The van der Waals surface area contributed by atoms with E-state index in [2.05, 4.69) is 5.32 Å². The minimum absolute atomic E-state index is 0.288. The minimum Gasteiger partial charge on any atom is -0.465 e. The number of aliphatic hydroxyl groups is 1. The lowest BCUT2D eigenvalue weighted by atomic mass is 9.78. The van der Waals surface area contributed by atoms with Crippen molar-refractivity contribution in [2.75, 3.05) is 19.7 Å². The molecule has 0 saturated carbocycles. The summed E-state index contributed by atoms with van der Waals surface area (Å²) in [6.45, 7) is 5.13. The van der Waals surface area contributed by atoms with E-state index in [4.69, 9.17) is 4.74 Å². The molecule has 1 rings (SSSR count). The Kier molecular flexibility index (Phi) is 3.27. The van der Waals surface area contributed by atoms with Gasteiger partial charge < -0.3 is 15.2 Å². The Balaban J connectivity index is 2.65. The zero-order valence-electron chi connectivity index (χ0n) is 8.17. The molecule has 1 aliphatic heterocycles. The molecule has 0 amide bonds. The maximum absolute atomic E-state index is 11.5. The number of esters is 1. The average Bonchev–Trinajstić information content (AvgIpc) is 2.11. The van der Waals surface area contributed by atoms with Gasteiger partial charge in [0, 0.05) is 6.54 Å². The van der Waals surface area contributed by atoms with E-state index in [1.807, 2.05) is 0 Å². The lowest BCUT2D eigenvalue weighted by Gasteiger charge is -2.36. The van der Waals surface area contributed by atoms with Gasteiger partial charge in [-0.1, -0.05) is 0 Å². The van der Waals surface area contributed by atoms with Crippen molar-refractivity contribution in [1.82, 2.24) is 5.32 Å². The number of aliphatic hydroxyl groups excluding tert-OH is 1. The van der Waals surface area contributed by atoms with Gasteiger partial charge >= 0.3 is 5.97 Å². The lowest BCUT2D eigenvalue weighted by molar-refractivity contribution is -0.163. The van der Waals surface area contributed by atoms with Crippen LogP contribution in [0.3, 0.4) is 0 Å². The zero-order chi connectivity index (χ0) is 9.90. The maximum Gasteiger partial charge on any atom is 0.314 e. The van der Waals surface area contributed by atoms with Crippen molar-refractivity contribution in [2.45, 2.75) is 26.4 Å². The summed E-state index contributed by atoms with van der Waals surface area (Å²) >= 11 is 0. The van der Waals surface area contributed by atoms with Gasteiger partial charge in [-0.05, 0) is 26.8 Å². The van der Waals surface area contributed by atoms with E-state index in [-0.39, 0.29) is 5.97 Å². The summed E-state index contributed by atoms with van der Waals surface area (Å²) in [6.07, 6.45) is -0.00667. The highest BCUT2D eigenvalue weighted by Gasteiger charge is 2.43. The van der Waals surface area contributed by atoms with Crippen molar-refractivity contribution < 1.29 is 14.6 Å². The SMILES string of the molecule is CCOC(=O)[C@]1(C)CCNC[C@H]1O. The smallest absolute Gasteiger partial charge is 0.314 e. The second-order valence-corrected chi connectivity index (χ2v) is 3.61. The normalized spacial score (nSPS) is 34.2. The summed E-state index contributed by atoms with van der Waals surface area (Å²) < 4.78 is 4.93. The molecule has 13 heavy (non-hydrogen) atoms. The maximum atomic E-state index is 11.5. The summed E-state index contributed by atoms with van der Waals surface area (Å²) in [5.74, 6) is -0.288. The molecule has 0 aromatic carbocycles. The third-order valence-electron chi connectivity index (χ3n) is 2.64. The highest BCUT2D eigenvalue weighted by Crippen LogP contribution is 2.29. The van der Waals surface area contributed by atoms with E-state index < -0.39 is 11.5 Å². The molecule has 2 atom stereocenters. The van der Waals surface area contributed by atoms with Crippen LogP contribution in [0.5, 0.6) is 0 Å². The number of hydrogen-bond acceptors (Lipinski definition) is 4. The number of β-amino-alcohol motifs (C(OH)–C–C–N with tert-alkyl or cyclic N) is 1. The van der Waals surface area contributed by atoms with Crippen molar-refractivity contribution in [1.29, 1.82) is 0 Å². The number of ether oxygens (including phenoxy) is 1. The zero-order valence-corrected chi connectivity index (χ0v) is 8.17. The second-order valence-electron chi connectivity index (χ2n) is 3.61. The number of carbonyl (C=O) groups excluding carboxylic acids is 1. The lowest BCUT2D eigenvalue weighted by Crippen LogP contribution is -2.52. The Hall–Kier alpha value is -0.610. The Labute approximate surface area is 78.3 Å². The van der Waals surface area contributed by atoms with Gasteiger partial charge in [0.1, 0.15) is 0 Å². The molecule has 0 spiro atoms. The quantitative estimate of drug-likeness (QED) is 0.593. The molecule has 2 N–H and O–H groups in total. The van der Waals surface area contributed by atoms with Gasteiger partial charge in [0.15, 0.2) is 0 Å². The third kappa shape index (κ3) is 2.00. The van der Waals surface area contributed by atoms with E-state index in [1.54, 1.807) is 13.8 Å². The largest absolute Gasteiger partial charge is 0.465 e. The topological polar surface area (TPSA) is 58.6 Å². The van der Waals surface area contributed by atoms with Crippen LogP contribution >= 0.6 is 0 Å². The molecule has 4 heteroatoms. The van der Waals surface area contributed by atoms with E-state index in [1.165, 1.54) is 0 Å². The molecule has 4 nitrogen and oxygen atoms in total. The molecule has 0 aliphatic carbocycles. The van der Waals surface area contributed by atoms with E-state index in [0.29, 0.717) is 19.6 Å². The Morgan fingerprint density at radius 3 is 3.00 bits per heavy atom. The Bertz CT molecular complexity index is 195. The first kappa shape index (κ1) is 10.5. The predicted octanol–water partition coefficient (Wildman–Crippen LogP) is -0.0900. The van der Waals surface area contributed by atoms with Crippen LogP contribution in [0, 0.1) is 5.41 Å². The molecule has 0 bridgehead atoms. The minimum atomic E-state index is -0.721. The summed E-state index contributed by atoms with van der Waals surface area (Å²) in [4.78, 5) is 11.5. The van der Waals surface area contributed by atoms with Crippen LogP contribution in [0.4, 0.5) is 0 Å². The summed E-state index contributed by atoms with van der Waals surface area (Å²) in [7, 11) is 0. The fourth-order valence-electron chi connectivity index (χ4n) is 1.51. The van der Waals surface area contributed by atoms with Crippen molar-refractivity contribution in [2.24, 2.45) is 5.41 Å². The van der Waals surface area contributed by atoms with Crippen LogP contribution in [0.25, 0.3) is 0 Å². The van der Waals surface area contributed by atoms with Gasteiger partial charge in [-0.25, -0.2) is 0 Å². The fourth-order valence-corrected chi connectivity index (χ4v) is 1.51. The molecule has 0 radical (unpaired) electrons. The van der Waals surface area contributed by atoms with Crippen LogP contribution in [-0.4, -0.2) is 36.9 Å². The first-order valence-electron chi connectivity index (χ1n) is 4.67. The molecule has 1 aliphatic rings. The Morgan fingerprint density at radius 1 is 1.77 bits per heavy atom. The van der Waals surface area contributed by atoms with Crippen molar-refractivity contribution >= 4 is 5.97 Å². The van der Waals surface area contributed by atoms with Gasteiger partial charge in [-0.15, -0.1) is 0 Å². The molecule has 1 saturated heterocycles. The molecule has 0 aromatic heterocycles. The van der Waals surface area contributed by atoms with Crippen LogP contribution < -0.4 is 5.32 Å². The number of rotatable bonds is 2. The van der Waals surface area contributed by atoms with Crippen LogP contribution in [0.2, 0.25) is 0 Å². The van der Waals surface area contributed by atoms with E-state index in [9.17, 15) is 9.90 Å². The average molecular weight is 187 g/mol. The van der Waals surface area contributed by atoms with E-state index >= 15 is 0 Å². The van der Waals surface area contributed by atoms with Gasteiger partial charge in [-0.3, -0.25) is 4.79 Å². The van der Waals surface area contributed by atoms with E-state index in [0.717, 1.165) is 6.54 Å². The number of piperidine rings is 1. The molecule has 1 heterocycles. The third-order valence-corrected chi connectivity index (χ3v) is 2.64. The standard InChI is InChI=1S/C9H17NO3/c1-3-13-8(12)9(2)4-5-10-6-7(9)11/h7,10-11H,3-6H2,1-2H3/t7-,9-/m1/s1. The monoisotopic (exact) mass is 187 g/mol. The number of hydrogen-bond donors (Lipinski definition) is 2. The summed E-state index contributed by atoms with van der Waals surface area (Å²) in [5.41, 5.74) is -0.721. The molecule has 0 aromatic rings. The molecular formula is C9H17NO3. The molecular weight excluding hydrogens is 170 g/mol. The fraction of sp³-hybridized carbons (Fsp3) is 0.889. The molecule has 1 fully saturated rings. The van der Waals surface area contributed by atoms with Crippen molar-refractivity contribution in [3.63, 3.8) is 0 Å². The van der Waals surface area contributed by atoms with Crippen LogP contribution in [-0.2, 0) is 9.53 Å². The molecule has 0 unspecified atom stereocenters. The second kappa shape index (κ2) is 4.07. The van der Waals surface area contributed by atoms with Gasteiger partial charge in [0.2, 0.25) is 0 Å². The first-order valence-corrected chi connectivity index (χ1v) is 4.67. The van der Waals surface area contributed by atoms with Gasteiger partial charge in [0.05, 0.1) is 18.1 Å². The van der Waals surface area contributed by atoms with Gasteiger partial charge in [-0.2, -0.15) is 0 Å². The number of carbonyl (C=O) groups is 1.